The van der Waals surface area contributed by atoms with Crippen molar-refractivity contribution < 1.29 is 23.5 Å². The average molecular weight is 313 g/mol. The monoisotopic (exact) mass is 312 g/mol. The predicted octanol–water partition coefficient (Wildman–Crippen LogP) is 2.96. The first-order chi connectivity index (χ1) is 9.88. The van der Waals surface area contributed by atoms with Gasteiger partial charge in [0.05, 0.1) is 11.3 Å². The molecule has 0 aliphatic carbocycles. The molecule has 1 aromatic carbocycles. The summed E-state index contributed by atoms with van der Waals surface area (Å²) in [6.45, 7) is 0. The van der Waals surface area contributed by atoms with E-state index < -0.39 is 29.1 Å². The van der Waals surface area contributed by atoms with Crippen LogP contribution in [0.4, 0.5) is 14.5 Å². The van der Waals surface area contributed by atoms with Gasteiger partial charge in [0.15, 0.2) is 11.6 Å². The zero-order valence-electron chi connectivity index (χ0n) is 10.2. The van der Waals surface area contributed by atoms with Gasteiger partial charge < -0.3 is 10.4 Å². The standard InChI is InChI=1S/C13H7ClF2N2O3/c14-11-3-1-2-9(17-11)12(19)18-10-5-8(16)7(15)4-6(10)13(20)21/h1-5H,(H,18,19)(H,20,21). The molecule has 108 valence electrons. The van der Waals surface area contributed by atoms with Crippen molar-refractivity contribution >= 4 is 29.2 Å². The Morgan fingerprint density at radius 3 is 2.48 bits per heavy atom. The normalized spacial score (nSPS) is 10.2. The molecule has 21 heavy (non-hydrogen) atoms. The lowest BCUT2D eigenvalue weighted by Gasteiger charge is -2.09. The summed E-state index contributed by atoms with van der Waals surface area (Å²) in [6, 6.07) is 5.31. The number of carboxylic acids is 1. The summed E-state index contributed by atoms with van der Waals surface area (Å²) < 4.78 is 26.2. The highest BCUT2D eigenvalue weighted by Gasteiger charge is 2.18. The Morgan fingerprint density at radius 2 is 1.86 bits per heavy atom. The van der Waals surface area contributed by atoms with E-state index in [2.05, 4.69) is 10.3 Å². The molecule has 1 amide bonds. The van der Waals surface area contributed by atoms with Crippen LogP contribution in [0.5, 0.6) is 0 Å². The Morgan fingerprint density at radius 1 is 1.19 bits per heavy atom. The molecule has 1 heterocycles. The summed E-state index contributed by atoms with van der Waals surface area (Å²) in [5.41, 5.74) is -1.05. The molecule has 1 aromatic heterocycles. The van der Waals surface area contributed by atoms with Gasteiger partial charge in [-0.25, -0.2) is 18.6 Å². The molecule has 0 aliphatic rings. The summed E-state index contributed by atoms with van der Waals surface area (Å²) in [7, 11) is 0. The minimum atomic E-state index is -1.51. The van der Waals surface area contributed by atoms with E-state index in [1.165, 1.54) is 18.2 Å². The summed E-state index contributed by atoms with van der Waals surface area (Å²) >= 11 is 5.62. The first kappa shape index (κ1) is 14.9. The van der Waals surface area contributed by atoms with Gasteiger partial charge in [-0.05, 0) is 18.2 Å². The van der Waals surface area contributed by atoms with Crippen LogP contribution in [0.1, 0.15) is 20.8 Å². The lowest BCUT2D eigenvalue weighted by Crippen LogP contribution is -2.16. The Balaban J connectivity index is 2.37. The zero-order valence-corrected chi connectivity index (χ0v) is 11.0. The van der Waals surface area contributed by atoms with Crippen LogP contribution in [0, 0.1) is 11.6 Å². The number of carbonyl (C=O) groups is 2. The van der Waals surface area contributed by atoms with Gasteiger partial charge in [0, 0.05) is 6.07 Å². The maximum absolute atomic E-state index is 13.2. The minimum Gasteiger partial charge on any atom is -0.478 e. The van der Waals surface area contributed by atoms with Gasteiger partial charge in [-0.3, -0.25) is 4.79 Å². The number of hydrogen-bond acceptors (Lipinski definition) is 3. The fourth-order valence-corrected chi connectivity index (χ4v) is 1.71. The van der Waals surface area contributed by atoms with Crippen LogP contribution in [0.3, 0.4) is 0 Å². The molecule has 0 saturated carbocycles. The van der Waals surface area contributed by atoms with Crippen LogP contribution in [0.2, 0.25) is 5.15 Å². The lowest BCUT2D eigenvalue weighted by molar-refractivity contribution is 0.0697. The topological polar surface area (TPSA) is 79.3 Å². The van der Waals surface area contributed by atoms with Gasteiger partial charge in [-0.2, -0.15) is 0 Å². The van der Waals surface area contributed by atoms with Gasteiger partial charge in [0.2, 0.25) is 0 Å². The number of halogens is 3. The number of hydrogen-bond donors (Lipinski definition) is 2. The van der Waals surface area contributed by atoms with E-state index in [1.807, 2.05) is 0 Å². The van der Waals surface area contributed by atoms with Crippen LogP contribution in [-0.2, 0) is 0 Å². The van der Waals surface area contributed by atoms with E-state index in [9.17, 15) is 18.4 Å². The van der Waals surface area contributed by atoms with E-state index in [0.29, 0.717) is 12.1 Å². The fourth-order valence-electron chi connectivity index (χ4n) is 1.55. The van der Waals surface area contributed by atoms with E-state index in [4.69, 9.17) is 16.7 Å². The van der Waals surface area contributed by atoms with E-state index >= 15 is 0 Å². The fraction of sp³-hybridized carbons (Fsp3) is 0. The first-order valence-corrected chi connectivity index (χ1v) is 5.92. The summed E-state index contributed by atoms with van der Waals surface area (Å²) in [5.74, 6) is -4.92. The van der Waals surface area contributed by atoms with Gasteiger partial charge in [0.25, 0.3) is 5.91 Å². The third kappa shape index (κ3) is 3.32. The number of nitrogens with zero attached hydrogens (tertiary/aromatic N) is 1. The van der Waals surface area contributed by atoms with Crippen molar-refractivity contribution in [3.63, 3.8) is 0 Å². The van der Waals surface area contributed by atoms with Crippen LogP contribution < -0.4 is 5.32 Å². The van der Waals surface area contributed by atoms with Gasteiger partial charge in [-0.15, -0.1) is 0 Å². The number of benzene rings is 1. The number of carbonyl (C=O) groups excluding carboxylic acids is 1. The molecule has 0 radical (unpaired) electrons. The molecule has 0 bridgehead atoms. The van der Waals surface area contributed by atoms with Gasteiger partial charge in [0.1, 0.15) is 10.8 Å². The van der Waals surface area contributed by atoms with E-state index in [1.54, 1.807) is 0 Å². The molecule has 2 rings (SSSR count). The quantitative estimate of drug-likeness (QED) is 0.854. The Kier molecular flexibility index (Phi) is 4.13. The van der Waals surface area contributed by atoms with Crippen molar-refractivity contribution in [1.29, 1.82) is 0 Å². The summed E-state index contributed by atoms with van der Waals surface area (Å²) in [6.07, 6.45) is 0. The number of amides is 1. The molecule has 0 atom stereocenters. The second kappa shape index (κ2) is 5.84. The average Bonchev–Trinajstić information content (AvgIpc) is 2.42. The van der Waals surface area contributed by atoms with E-state index in [0.717, 1.165) is 0 Å². The molecular formula is C13H7ClF2N2O3. The number of pyridine rings is 1. The Bertz CT molecular complexity index is 737. The number of anilines is 1. The third-order valence-electron chi connectivity index (χ3n) is 2.49. The largest absolute Gasteiger partial charge is 0.478 e. The number of rotatable bonds is 3. The highest BCUT2D eigenvalue weighted by molar-refractivity contribution is 6.29. The Hall–Kier alpha value is -2.54. The number of aromatic carboxylic acids is 1. The maximum atomic E-state index is 13.2. The predicted molar refractivity (Wildman–Crippen MR) is 70.5 cm³/mol. The van der Waals surface area contributed by atoms with Crippen molar-refractivity contribution in [3.8, 4) is 0 Å². The highest BCUT2D eigenvalue weighted by Crippen LogP contribution is 2.21. The number of nitrogens with one attached hydrogen (secondary N) is 1. The second-order valence-electron chi connectivity index (χ2n) is 3.92. The second-order valence-corrected chi connectivity index (χ2v) is 4.30. The van der Waals surface area contributed by atoms with Crippen molar-refractivity contribution in [3.05, 3.63) is 58.4 Å². The molecule has 0 saturated heterocycles. The highest BCUT2D eigenvalue weighted by atomic mass is 35.5. The number of aromatic nitrogens is 1. The molecule has 8 heteroatoms. The Labute approximate surface area is 122 Å². The van der Waals surface area contributed by atoms with Crippen LogP contribution in [-0.4, -0.2) is 22.0 Å². The zero-order chi connectivity index (χ0) is 15.6. The van der Waals surface area contributed by atoms with Crippen molar-refractivity contribution in [2.45, 2.75) is 0 Å². The van der Waals surface area contributed by atoms with Gasteiger partial charge >= 0.3 is 5.97 Å². The molecule has 2 aromatic rings. The lowest BCUT2D eigenvalue weighted by atomic mass is 10.1. The minimum absolute atomic E-state index is 0.0615. The summed E-state index contributed by atoms with van der Waals surface area (Å²) in [4.78, 5) is 26.6. The molecule has 0 aliphatic heterocycles. The van der Waals surface area contributed by atoms with Crippen LogP contribution >= 0.6 is 11.6 Å². The molecule has 0 spiro atoms. The van der Waals surface area contributed by atoms with Crippen LogP contribution in [0.25, 0.3) is 0 Å². The maximum Gasteiger partial charge on any atom is 0.337 e. The van der Waals surface area contributed by atoms with Crippen LogP contribution in [0.15, 0.2) is 30.3 Å². The SMILES string of the molecule is O=C(Nc1cc(F)c(F)cc1C(=O)O)c1cccc(Cl)n1. The molecule has 0 fully saturated rings. The first-order valence-electron chi connectivity index (χ1n) is 5.54. The summed E-state index contributed by atoms with van der Waals surface area (Å²) in [5, 5.41) is 11.1. The number of carboxylic acid groups (broad SMARTS) is 1. The smallest absolute Gasteiger partial charge is 0.337 e. The van der Waals surface area contributed by atoms with Crippen molar-refractivity contribution in [2.24, 2.45) is 0 Å². The molecule has 2 N–H and O–H groups in total. The molecular weight excluding hydrogens is 306 g/mol. The molecule has 5 nitrogen and oxygen atoms in total. The van der Waals surface area contributed by atoms with Crippen molar-refractivity contribution in [2.75, 3.05) is 5.32 Å². The van der Waals surface area contributed by atoms with Gasteiger partial charge in [-0.1, -0.05) is 17.7 Å². The molecule has 0 unspecified atom stereocenters. The third-order valence-corrected chi connectivity index (χ3v) is 2.70. The van der Waals surface area contributed by atoms with Crippen molar-refractivity contribution in [1.82, 2.24) is 4.98 Å². The van der Waals surface area contributed by atoms with E-state index in [-0.39, 0.29) is 16.5 Å².